The van der Waals surface area contributed by atoms with E-state index in [4.69, 9.17) is 17.4 Å². The molecule has 0 unspecified atom stereocenters. The molecule has 1 heterocycles. The van der Waals surface area contributed by atoms with Crippen molar-refractivity contribution in [2.24, 2.45) is 5.14 Å². The number of sulfonamides is 1. The first-order valence-electron chi connectivity index (χ1n) is 10.0. The smallest absolute Gasteiger partial charge is 0.238 e. The van der Waals surface area contributed by atoms with Crippen LogP contribution in [0.15, 0.2) is 59.5 Å². The number of benzene rings is 2. The van der Waals surface area contributed by atoms with Crippen molar-refractivity contribution in [1.29, 1.82) is 0 Å². The second-order valence-corrected chi connectivity index (χ2v) is 9.33. The molecule has 31 heavy (non-hydrogen) atoms. The molecule has 1 fully saturated rings. The number of amides is 1. The Labute approximate surface area is 188 Å². The first kappa shape index (κ1) is 23.1. The number of hydrogen-bond donors (Lipinski definition) is 3. The lowest BCUT2D eigenvalue weighted by Gasteiger charge is -2.24. The molecule has 4 N–H and O–H groups in total. The average Bonchev–Trinajstić information content (AvgIpc) is 2.98. The van der Waals surface area contributed by atoms with E-state index in [0.717, 1.165) is 31.6 Å². The molecule has 3 rings (SSSR count). The van der Waals surface area contributed by atoms with Crippen molar-refractivity contribution >= 4 is 38.9 Å². The van der Waals surface area contributed by atoms with Crippen molar-refractivity contribution in [3.8, 4) is 0 Å². The summed E-state index contributed by atoms with van der Waals surface area (Å²) in [5.41, 5.74) is 1.77. The van der Waals surface area contributed by atoms with Crippen LogP contribution in [0.25, 0.3) is 0 Å². The zero-order valence-electron chi connectivity index (χ0n) is 17.2. The van der Waals surface area contributed by atoms with Crippen molar-refractivity contribution in [2.75, 3.05) is 38.0 Å². The molecule has 2 aromatic rings. The molecule has 1 saturated heterocycles. The van der Waals surface area contributed by atoms with E-state index in [-0.39, 0.29) is 10.8 Å². The molecule has 1 aliphatic heterocycles. The van der Waals surface area contributed by atoms with Gasteiger partial charge in [-0.05, 0) is 48.5 Å². The quantitative estimate of drug-likeness (QED) is 0.558. The van der Waals surface area contributed by atoms with Gasteiger partial charge in [0.1, 0.15) is 0 Å². The summed E-state index contributed by atoms with van der Waals surface area (Å²) in [5.74, 6) is 0.00736. The van der Waals surface area contributed by atoms with Gasteiger partial charge in [-0.15, -0.1) is 0 Å². The van der Waals surface area contributed by atoms with Gasteiger partial charge in [0.15, 0.2) is 5.11 Å². The maximum absolute atomic E-state index is 12.3. The van der Waals surface area contributed by atoms with Crippen LogP contribution in [0.2, 0.25) is 0 Å². The Bertz CT molecular complexity index is 997. The predicted octanol–water partition coefficient (Wildman–Crippen LogP) is 1.35. The molecule has 0 aliphatic carbocycles. The topological polar surface area (TPSA) is 108 Å². The van der Waals surface area contributed by atoms with Crippen LogP contribution in [0.3, 0.4) is 0 Å². The van der Waals surface area contributed by atoms with Crippen LogP contribution in [0, 0.1) is 0 Å². The lowest BCUT2D eigenvalue weighted by atomic mass is 10.2. The molecule has 1 aliphatic rings. The Hall–Kier alpha value is -2.53. The predicted molar refractivity (Wildman–Crippen MR) is 125 cm³/mol. The zero-order chi connectivity index (χ0) is 22.3. The number of nitrogens with zero attached hydrogens (tertiary/aromatic N) is 2. The maximum atomic E-state index is 12.3. The second-order valence-electron chi connectivity index (χ2n) is 7.38. The summed E-state index contributed by atoms with van der Waals surface area (Å²) >= 11 is 5.52. The number of carbonyl (C=O) groups is 1. The number of rotatable bonds is 6. The standard InChI is InChI=1S/C21H27N5O3S2/c22-31(28,29)19-9-7-18(8-10-19)24-21(30)26-12-4-11-25(13-14-26)16-20(27)23-15-17-5-2-1-3-6-17/h1-3,5-10H,4,11-16H2,(H,23,27)(H,24,30)(H2,22,28,29). The van der Waals surface area contributed by atoms with Gasteiger partial charge in [-0.25, -0.2) is 13.6 Å². The van der Waals surface area contributed by atoms with Gasteiger partial charge >= 0.3 is 0 Å². The van der Waals surface area contributed by atoms with E-state index < -0.39 is 10.0 Å². The number of primary sulfonamides is 1. The number of nitrogens with one attached hydrogen (secondary N) is 2. The fourth-order valence-corrected chi connectivity index (χ4v) is 4.13. The summed E-state index contributed by atoms with van der Waals surface area (Å²) in [6.07, 6.45) is 0.887. The van der Waals surface area contributed by atoms with Crippen LogP contribution in [0.5, 0.6) is 0 Å². The second kappa shape index (κ2) is 10.7. The molecule has 0 saturated carbocycles. The fraction of sp³-hybridized carbons (Fsp3) is 0.333. The summed E-state index contributed by atoms with van der Waals surface area (Å²) < 4.78 is 22.7. The van der Waals surface area contributed by atoms with Crippen LogP contribution in [-0.2, 0) is 21.4 Å². The highest BCUT2D eigenvalue weighted by molar-refractivity contribution is 7.89. The lowest BCUT2D eigenvalue weighted by Crippen LogP contribution is -2.40. The Kier molecular flexibility index (Phi) is 7.97. The van der Waals surface area contributed by atoms with E-state index in [0.29, 0.717) is 30.4 Å². The van der Waals surface area contributed by atoms with Crippen LogP contribution in [0.4, 0.5) is 5.69 Å². The van der Waals surface area contributed by atoms with E-state index in [1.807, 2.05) is 30.3 Å². The van der Waals surface area contributed by atoms with Gasteiger partial charge in [0.2, 0.25) is 15.9 Å². The lowest BCUT2D eigenvalue weighted by molar-refractivity contribution is -0.122. The van der Waals surface area contributed by atoms with Gasteiger partial charge < -0.3 is 15.5 Å². The molecule has 8 nitrogen and oxygen atoms in total. The molecule has 0 aromatic heterocycles. The van der Waals surface area contributed by atoms with Crippen molar-refractivity contribution in [1.82, 2.24) is 15.1 Å². The van der Waals surface area contributed by atoms with Crippen LogP contribution in [0.1, 0.15) is 12.0 Å². The molecule has 0 atom stereocenters. The molecule has 0 radical (unpaired) electrons. The minimum absolute atomic E-state index is 0.00736. The summed E-state index contributed by atoms with van der Waals surface area (Å²) in [5, 5.41) is 11.8. The van der Waals surface area contributed by atoms with Gasteiger partial charge in [0.05, 0.1) is 11.4 Å². The highest BCUT2D eigenvalue weighted by Gasteiger charge is 2.19. The van der Waals surface area contributed by atoms with Crippen molar-refractivity contribution < 1.29 is 13.2 Å². The van der Waals surface area contributed by atoms with Gasteiger partial charge in [-0.3, -0.25) is 9.69 Å². The molecule has 1 amide bonds. The monoisotopic (exact) mass is 461 g/mol. The number of thiocarbonyl (C=S) groups is 1. The summed E-state index contributed by atoms with van der Waals surface area (Å²) in [6, 6.07) is 16.0. The Morgan fingerprint density at radius 3 is 2.39 bits per heavy atom. The number of hydrogen-bond acceptors (Lipinski definition) is 5. The molecule has 166 valence electrons. The third-order valence-corrected chi connectivity index (χ3v) is 6.30. The summed E-state index contributed by atoms with van der Waals surface area (Å²) in [7, 11) is -3.72. The van der Waals surface area contributed by atoms with Crippen LogP contribution < -0.4 is 15.8 Å². The molecule has 10 heteroatoms. The first-order chi connectivity index (χ1) is 14.8. The number of nitrogens with two attached hydrogens (primary N) is 1. The molecule has 0 spiro atoms. The molecule has 0 bridgehead atoms. The normalized spacial score (nSPS) is 15.2. The SMILES string of the molecule is NS(=O)(=O)c1ccc(NC(=S)N2CCCN(CC(=O)NCc3ccccc3)CC2)cc1. The van der Waals surface area contributed by atoms with Gasteiger partial charge in [0.25, 0.3) is 0 Å². The average molecular weight is 462 g/mol. The Balaban J connectivity index is 1.45. The summed E-state index contributed by atoms with van der Waals surface area (Å²) in [4.78, 5) is 16.5. The Morgan fingerprint density at radius 1 is 1.00 bits per heavy atom. The van der Waals surface area contributed by atoms with Gasteiger partial charge in [-0.1, -0.05) is 30.3 Å². The number of anilines is 1. The van der Waals surface area contributed by atoms with E-state index >= 15 is 0 Å². The van der Waals surface area contributed by atoms with Crippen molar-refractivity contribution in [2.45, 2.75) is 17.9 Å². The first-order valence-corrected chi connectivity index (χ1v) is 12.0. The summed E-state index contributed by atoms with van der Waals surface area (Å²) in [6.45, 7) is 3.91. The zero-order valence-corrected chi connectivity index (χ0v) is 18.8. The van der Waals surface area contributed by atoms with Crippen molar-refractivity contribution in [3.63, 3.8) is 0 Å². The highest BCUT2D eigenvalue weighted by atomic mass is 32.2. The van der Waals surface area contributed by atoms with Gasteiger partial charge in [0, 0.05) is 38.4 Å². The van der Waals surface area contributed by atoms with Crippen LogP contribution >= 0.6 is 12.2 Å². The van der Waals surface area contributed by atoms with E-state index in [9.17, 15) is 13.2 Å². The van der Waals surface area contributed by atoms with Crippen LogP contribution in [-0.4, -0.2) is 62.0 Å². The minimum atomic E-state index is -3.72. The van der Waals surface area contributed by atoms with E-state index in [1.165, 1.54) is 12.1 Å². The highest BCUT2D eigenvalue weighted by Crippen LogP contribution is 2.14. The maximum Gasteiger partial charge on any atom is 0.238 e. The fourth-order valence-electron chi connectivity index (χ4n) is 3.32. The minimum Gasteiger partial charge on any atom is -0.351 e. The molecule has 2 aromatic carbocycles. The van der Waals surface area contributed by atoms with E-state index in [1.54, 1.807) is 12.1 Å². The largest absolute Gasteiger partial charge is 0.351 e. The molecular formula is C21H27N5O3S2. The molecular weight excluding hydrogens is 434 g/mol. The van der Waals surface area contributed by atoms with Crippen molar-refractivity contribution in [3.05, 3.63) is 60.2 Å². The van der Waals surface area contributed by atoms with E-state index in [2.05, 4.69) is 20.4 Å². The van der Waals surface area contributed by atoms with Gasteiger partial charge in [-0.2, -0.15) is 0 Å². The Morgan fingerprint density at radius 2 is 1.71 bits per heavy atom. The number of carbonyl (C=O) groups excluding carboxylic acids is 1. The third kappa shape index (κ3) is 7.28. The third-order valence-electron chi connectivity index (χ3n) is 5.01.